The maximum Gasteiger partial charge on any atom is 0.291 e. The molecule has 0 aromatic rings. The van der Waals surface area contributed by atoms with Gasteiger partial charge in [-0.05, 0) is 46.4 Å². The summed E-state index contributed by atoms with van der Waals surface area (Å²) < 4.78 is 42.0. The summed E-state index contributed by atoms with van der Waals surface area (Å²) in [5.74, 6) is -0.0858. The molecule has 1 unspecified atom stereocenters. The molecule has 1 heterocycles. The van der Waals surface area contributed by atoms with Crippen LogP contribution in [0, 0.1) is 0 Å². The monoisotopic (exact) mass is 372 g/mol. The van der Waals surface area contributed by atoms with Crippen LogP contribution in [0.1, 0.15) is 34.6 Å². The first-order valence-electron chi connectivity index (χ1n) is 7.26. The molecule has 1 amide bonds. The van der Waals surface area contributed by atoms with Crippen molar-refractivity contribution in [3.63, 3.8) is 0 Å². The van der Waals surface area contributed by atoms with Gasteiger partial charge >= 0.3 is 0 Å². The van der Waals surface area contributed by atoms with E-state index in [4.69, 9.17) is 25.8 Å². The molecule has 1 fully saturated rings. The lowest BCUT2D eigenvalue weighted by Crippen LogP contribution is -2.47. The number of hydrogen-bond acceptors (Lipinski definition) is 6. The zero-order valence-electron chi connectivity index (χ0n) is 14.1. The van der Waals surface area contributed by atoms with Crippen LogP contribution in [0.15, 0.2) is 0 Å². The minimum Gasteiger partial charge on any atom is -0.377 e. The molecule has 136 valence electrons. The molecule has 1 aliphatic heterocycles. The van der Waals surface area contributed by atoms with Gasteiger partial charge in [0.25, 0.3) is 10.1 Å². The zero-order valence-corrected chi connectivity index (χ0v) is 15.6. The Bertz CT molecular complexity index is 537. The smallest absolute Gasteiger partial charge is 0.291 e. The topological polar surface area (TPSA) is 96.4 Å². The lowest BCUT2D eigenvalue weighted by molar-refractivity contribution is -0.134. The van der Waals surface area contributed by atoms with Crippen LogP contribution in [0.2, 0.25) is 0 Å². The minimum atomic E-state index is -4.20. The lowest BCUT2D eigenvalue weighted by atomic mass is 10.1. The lowest BCUT2D eigenvalue weighted by Gasteiger charge is -2.35. The Balaban J connectivity index is 2.38. The second-order valence-electron chi connectivity index (χ2n) is 6.36. The van der Waals surface area contributed by atoms with Gasteiger partial charge in [-0.3, -0.25) is 9.35 Å². The Morgan fingerprint density at radius 3 is 2.22 bits per heavy atom. The van der Waals surface area contributed by atoms with Crippen molar-refractivity contribution in [2.75, 3.05) is 26.4 Å². The average Bonchev–Trinajstić information content (AvgIpc) is 2.53. The van der Waals surface area contributed by atoms with E-state index in [1.54, 1.807) is 18.7 Å². The Kier molecular flexibility index (Phi) is 6.45. The Labute approximate surface area is 142 Å². The van der Waals surface area contributed by atoms with Crippen LogP contribution < -0.4 is 0 Å². The van der Waals surface area contributed by atoms with E-state index in [-0.39, 0.29) is 25.7 Å². The maximum atomic E-state index is 12.4. The van der Waals surface area contributed by atoms with Gasteiger partial charge in [-0.1, -0.05) is 0 Å². The number of rotatable bonds is 8. The molecule has 10 heteroatoms. The van der Waals surface area contributed by atoms with Gasteiger partial charge in [0.1, 0.15) is 11.2 Å². The van der Waals surface area contributed by atoms with E-state index in [2.05, 4.69) is 0 Å². The average molecular weight is 373 g/mol. The van der Waals surface area contributed by atoms with Crippen LogP contribution in [0.3, 0.4) is 0 Å². The molecule has 1 saturated heterocycles. The molecule has 0 aliphatic carbocycles. The van der Waals surface area contributed by atoms with Crippen LogP contribution in [-0.2, 0) is 24.4 Å². The summed E-state index contributed by atoms with van der Waals surface area (Å²) in [4.78, 5) is 14.0. The van der Waals surface area contributed by atoms with Crippen molar-refractivity contribution >= 4 is 27.8 Å². The highest BCUT2D eigenvalue weighted by Crippen LogP contribution is 2.39. The fourth-order valence-electron chi connectivity index (χ4n) is 2.44. The number of ether oxygens (including phenoxy) is 2. The van der Waals surface area contributed by atoms with Crippen molar-refractivity contribution in [2.45, 2.75) is 51.3 Å². The normalized spacial score (nSPS) is 22.6. The third-order valence-corrected chi connectivity index (χ3v) is 5.67. The summed E-state index contributed by atoms with van der Waals surface area (Å²) in [6.07, 6.45) is 0. The standard InChI is InChI=1S/C13H25ClN2O6S/c1-10(23(18,19)20)22-9-8-21-7-6-15-11(17)12(2,3)16(14)13(15,4)5/h10H,6-9H2,1-5H3,(H,18,19,20). The SMILES string of the molecule is CC(OCCOCCN1C(=O)C(C)(C)N(Cl)C1(C)C)S(=O)(=O)O. The molecule has 0 spiro atoms. The molecule has 0 saturated carbocycles. The van der Waals surface area contributed by atoms with E-state index in [0.717, 1.165) is 0 Å². The van der Waals surface area contributed by atoms with Crippen LogP contribution >= 0.6 is 11.8 Å². The van der Waals surface area contributed by atoms with Crippen LogP contribution in [-0.4, -0.2) is 71.2 Å². The number of nitrogens with zero attached hydrogens (tertiary/aromatic N) is 2. The van der Waals surface area contributed by atoms with Crippen molar-refractivity contribution in [3.05, 3.63) is 0 Å². The molecule has 0 aromatic carbocycles. The predicted molar refractivity (Wildman–Crippen MR) is 85.3 cm³/mol. The van der Waals surface area contributed by atoms with Crippen molar-refractivity contribution in [1.29, 1.82) is 0 Å². The molecule has 1 N–H and O–H groups in total. The molecule has 1 atom stereocenters. The van der Waals surface area contributed by atoms with Crippen molar-refractivity contribution < 1.29 is 27.2 Å². The number of carbonyl (C=O) groups is 1. The third kappa shape index (κ3) is 4.55. The Hall–Kier alpha value is -0.450. The van der Waals surface area contributed by atoms with E-state index in [9.17, 15) is 13.2 Å². The van der Waals surface area contributed by atoms with Gasteiger partial charge in [-0.15, -0.1) is 0 Å². The first kappa shape index (κ1) is 20.6. The van der Waals surface area contributed by atoms with E-state index in [1.807, 2.05) is 13.8 Å². The van der Waals surface area contributed by atoms with Crippen LogP contribution in [0.25, 0.3) is 0 Å². The van der Waals surface area contributed by atoms with Crippen LogP contribution in [0.5, 0.6) is 0 Å². The first-order chi connectivity index (χ1) is 10.3. The highest BCUT2D eigenvalue weighted by atomic mass is 35.5. The van der Waals surface area contributed by atoms with E-state index in [0.29, 0.717) is 6.54 Å². The van der Waals surface area contributed by atoms with Crippen molar-refractivity contribution in [2.24, 2.45) is 0 Å². The number of halogens is 1. The molecule has 1 aliphatic rings. The van der Waals surface area contributed by atoms with Crippen molar-refractivity contribution in [1.82, 2.24) is 9.32 Å². The molecular weight excluding hydrogens is 348 g/mol. The van der Waals surface area contributed by atoms with Crippen LogP contribution in [0.4, 0.5) is 0 Å². The van der Waals surface area contributed by atoms with Gasteiger partial charge in [0.2, 0.25) is 5.91 Å². The molecular formula is C13H25ClN2O6S. The summed E-state index contributed by atoms with van der Waals surface area (Å²) in [6.45, 7) is 9.24. The van der Waals surface area contributed by atoms with E-state index >= 15 is 0 Å². The number of amides is 1. The molecule has 0 radical (unpaired) electrons. The van der Waals surface area contributed by atoms with Gasteiger partial charge < -0.3 is 14.4 Å². The molecule has 1 rings (SSSR count). The Morgan fingerprint density at radius 1 is 1.22 bits per heavy atom. The minimum absolute atomic E-state index is 0.0193. The van der Waals surface area contributed by atoms with Crippen molar-refractivity contribution in [3.8, 4) is 0 Å². The summed E-state index contributed by atoms with van der Waals surface area (Å²) in [5, 5.41) is 0. The summed E-state index contributed by atoms with van der Waals surface area (Å²) in [6, 6.07) is 0. The third-order valence-electron chi connectivity index (χ3n) is 3.86. The Morgan fingerprint density at radius 2 is 1.78 bits per heavy atom. The first-order valence-corrected chi connectivity index (χ1v) is 9.11. The van der Waals surface area contributed by atoms with Gasteiger partial charge in [0, 0.05) is 6.54 Å². The second-order valence-corrected chi connectivity index (χ2v) is 8.39. The van der Waals surface area contributed by atoms with Gasteiger partial charge in [-0.25, -0.2) is 0 Å². The van der Waals surface area contributed by atoms with Gasteiger partial charge in [-0.2, -0.15) is 12.8 Å². The second kappa shape index (κ2) is 7.20. The van der Waals surface area contributed by atoms with Gasteiger partial charge in [0.15, 0.2) is 5.44 Å². The fourth-order valence-corrected chi connectivity index (χ4v) is 2.88. The zero-order chi connectivity index (χ0) is 18.1. The molecule has 8 nitrogen and oxygen atoms in total. The maximum absolute atomic E-state index is 12.4. The predicted octanol–water partition coefficient (Wildman–Crippen LogP) is 1.07. The van der Waals surface area contributed by atoms with E-state index in [1.165, 1.54) is 11.3 Å². The largest absolute Gasteiger partial charge is 0.377 e. The highest BCUT2D eigenvalue weighted by molar-refractivity contribution is 7.86. The van der Waals surface area contributed by atoms with E-state index < -0.39 is 26.8 Å². The summed E-state index contributed by atoms with van der Waals surface area (Å²) in [5.41, 5.74) is -2.73. The summed E-state index contributed by atoms with van der Waals surface area (Å²) >= 11 is 6.25. The fraction of sp³-hybridized carbons (Fsp3) is 0.923. The van der Waals surface area contributed by atoms with Gasteiger partial charge in [0.05, 0.1) is 19.8 Å². The number of carbonyl (C=O) groups excluding carboxylic acids is 1. The number of hydrogen-bond donors (Lipinski definition) is 1. The summed E-state index contributed by atoms with van der Waals surface area (Å²) in [7, 11) is -4.20. The highest BCUT2D eigenvalue weighted by Gasteiger charge is 2.55. The molecule has 0 bridgehead atoms. The quantitative estimate of drug-likeness (QED) is 0.386. The molecule has 23 heavy (non-hydrogen) atoms. The molecule has 0 aromatic heterocycles.